The summed E-state index contributed by atoms with van der Waals surface area (Å²) in [6, 6.07) is 21.6. The molecule has 3 aromatic rings. The van der Waals surface area contributed by atoms with E-state index in [0.717, 1.165) is 13.4 Å². The summed E-state index contributed by atoms with van der Waals surface area (Å²) in [6.07, 6.45) is -1.90. The molecule has 0 saturated carbocycles. The van der Waals surface area contributed by atoms with E-state index in [1.807, 2.05) is 62.4 Å². The Morgan fingerprint density at radius 1 is 0.556 bits per heavy atom. The van der Waals surface area contributed by atoms with Gasteiger partial charge in [-0.2, -0.15) is 0 Å². The molecule has 2 N–H and O–H groups in total. The van der Waals surface area contributed by atoms with Crippen LogP contribution >= 0.6 is 47.8 Å². The molecule has 0 spiro atoms. The summed E-state index contributed by atoms with van der Waals surface area (Å²) >= 11 is 10.3. The lowest BCUT2D eigenvalue weighted by atomic mass is 10.1. The predicted octanol–water partition coefficient (Wildman–Crippen LogP) is 3.05. The van der Waals surface area contributed by atoms with Crippen LogP contribution in [-0.2, 0) is 21.5 Å². The Balaban J connectivity index is 1.70. The molecule has 2 saturated heterocycles. The van der Waals surface area contributed by atoms with E-state index >= 15 is 0 Å². The summed E-state index contributed by atoms with van der Waals surface area (Å²) in [5.41, 5.74) is 0. The smallest absolute Gasteiger partial charge is 0.387 e. The summed E-state index contributed by atoms with van der Waals surface area (Å²) < 4.78 is 34.9. The SMILES string of the molecule is C[C@@H]1O[Si](O)(c2ccc(Br)cc2)O[Si]2(c3ccc(Br)cc3)O[C@@H]1[C@@H](C)O[Si](O)(c1ccc(Br)cc1)O2. The zero-order chi connectivity index (χ0) is 25.7. The summed E-state index contributed by atoms with van der Waals surface area (Å²) in [7, 11) is -12.3. The minimum absolute atomic E-state index is 0.502. The molecule has 0 amide bonds. The quantitative estimate of drug-likeness (QED) is 0.401. The Bertz CT molecular complexity index is 1170. The summed E-state index contributed by atoms with van der Waals surface area (Å²) in [4.78, 5) is 24.0. The van der Waals surface area contributed by atoms with Crippen molar-refractivity contribution in [2.24, 2.45) is 0 Å². The van der Waals surface area contributed by atoms with Crippen molar-refractivity contribution in [2.45, 2.75) is 32.2 Å². The Labute approximate surface area is 237 Å². The molecule has 0 aromatic heterocycles. The molecule has 2 aliphatic heterocycles. The van der Waals surface area contributed by atoms with Crippen LogP contribution in [-0.4, -0.2) is 54.3 Å². The zero-order valence-electron chi connectivity index (χ0n) is 19.2. The number of rotatable bonds is 3. The summed E-state index contributed by atoms with van der Waals surface area (Å²) in [5.74, 6) is 0. The lowest BCUT2D eigenvalue weighted by molar-refractivity contribution is -0.0170. The fourth-order valence-corrected chi connectivity index (χ4v) is 15.4. The maximum atomic E-state index is 12.0. The van der Waals surface area contributed by atoms with Crippen molar-refractivity contribution in [2.75, 3.05) is 0 Å². The van der Waals surface area contributed by atoms with Gasteiger partial charge in [0.15, 0.2) is 0 Å². The highest BCUT2D eigenvalue weighted by molar-refractivity contribution is 9.11. The molecule has 2 aliphatic rings. The van der Waals surface area contributed by atoms with Crippen LogP contribution in [0.4, 0.5) is 0 Å². The third-order valence-electron chi connectivity index (χ3n) is 6.07. The summed E-state index contributed by atoms with van der Waals surface area (Å²) in [5, 5.41) is 1.59. The predicted molar refractivity (Wildman–Crippen MR) is 151 cm³/mol. The van der Waals surface area contributed by atoms with Gasteiger partial charge in [0, 0.05) is 29.0 Å². The van der Waals surface area contributed by atoms with Crippen molar-refractivity contribution in [3.63, 3.8) is 0 Å². The Morgan fingerprint density at radius 2 is 0.889 bits per heavy atom. The Morgan fingerprint density at radius 3 is 1.25 bits per heavy atom. The maximum absolute atomic E-state index is 12.0. The molecule has 2 bridgehead atoms. The Kier molecular flexibility index (Phi) is 7.68. The number of benzene rings is 3. The van der Waals surface area contributed by atoms with E-state index < -0.39 is 44.7 Å². The van der Waals surface area contributed by atoms with Gasteiger partial charge in [-0.05, 0) is 50.2 Å². The molecule has 36 heavy (non-hydrogen) atoms. The second kappa shape index (κ2) is 10.2. The lowest BCUT2D eigenvalue weighted by Crippen LogP contribution is -2.71. The second-order valence-electron chi connectivity index (χ2n) is 8.67. The number of hydrogen-bond donors (Lipinski definition) is 2. The van der Waals surface area contributed by atoms with Crippen molar-refractivity contribution < 1.29 is 31.1 Å². The topological polar surface area (TPSA) is 86.6 Å². The van der Waals surface area contributed by atoms with Gasteiger partial charge in [0.1, 0.15) is 0 Å². The fourth-order valence-electron chi connectivity index (χ4n) is 4.29. The number of hydrogen-bond acceptors (Lipinski definition) is 7. The first-order valence-corrected chi connectivity index (χ1v) is 18.8. The van der Waals surface area contributed by atoms with Crippen molar-refractivity contribution >= 4 is 89.8 Å². The van der Waals surface area contributed by atoms with E-state index in [9.17, 15) is 9.59 Å². The molecule has 190 valence electrons. The van der Waals surface area contributed by atoms with Crippen LogP contribution in [0.25, 0.3) is 0 Å². The molecule has 3 aromatic carbocycles. The standard InChI is InChI=1S/C23H23Br3O7Si3/c1-15-23-16(2)30-35(28,21-11-5-18(25)6-12-21)33-36(31-23,22-13-7-19(26)8-14-22)32-34(27,29-15)20-9-3-17(24)4-10-20/h3-16,23,27-28H,1-2H3/t15-,16+,23-,34?,35?,36?. The lowest BCUT2D eigenvalue weighted by Gasteiger charge is -2.36. The molecule has 5 rings (SSSR count). The van der Waals surface area contributed by atoms with Gasteiger partial charge in [0.05, 0.1) is 18.3 Å². The molecule has 13 heteroatoms. The van der Waals surface area contributed by atoms with Crippen LogP contribution in [0, 0.1) is 0 Å². The van der Waals surface area contributed by atoms with Gasteiger partial charge in [-0.1, -0.05) is 84.2 Å². The highest BCUT2D eigenvalue weighted by Crippen LogP contribution is 2.34. The number of halogens is 3. The largest absolute Gasteiger partial charge is 0.527 e. The highest BCUT2D eigenvalue weighted by Gasteiger charge is 2.67. The van der Waals surface area contributed by atoms with Gasteiger partial charge in [-0.15, -0.1) is 0 Å². The number of fused-ring (bicyclic) bond motifs is 2. The first kappa shape index (κ1) is 27.1. The van der Waals surface area contributed by atoms with Gasteiger partial charge in [0.25, 0.3) is 0 Å². The highest BCUT2D eigenvalue weighted by atomic mass is 79.9. The summed E-state index contributed by atoms with van der Waals surface area (Å²) in [6.45, 7) is 3.62. The molecule has 3 unspecified atom stereocenters. The molecule has 2 heterocycles. The average molecular weight is 735 g/mol. The minimum Gasteiger partial charge on any atom is -0.387 e. The van der Waals surface area contributed by atoms with Gasteiger partial charge in [-0.3, -0.25) is 0 Å². The average Bonchev–Trinajstić information content (AvgIpc) is 3.02. The van der Waals surface area contributed by atoms with Crippen molar-refractivity contribution in [1.29, 1.82) is 0 Å². The van der Waals surface area contributed by atoms with Crippen molar-refractivity contribution in [1.82, 2.24) is 0 Å². The molecular weight excluding hydrogens is 712 g/mol. The van der Waals surface area contributed by atoms with Crippen LogP contribution in [0.15, 0.2) is 86.2 Å². The Hall–Kier alpha value is -0.529. The fraction of sp³-hybridized carbons (Fsp3) is 0.217. The van der Waals surface area contributed by atoms with Crippen molar-refractivity contribution in [3.05, 3.63) is 86.2 Å². The molecule has 0 aliphatic carbocycles. The van der Waals surface area contributed by atoms with Gasteiger partial charge in [0.2, 0.25) is 0 Å². The van der Waals surface area contributed by atoms with E-state index in [2.05, 4.69) is 47.8 Å². The van der Waals surface area contributed by atoms with Crippen LogP contribution in [0.5, 0.6) is 0 Å². The second-order valence-corrected chi connectivity index (χ2v) is 18.9. The van der Waals surface area contributed by atoms with E-state index in [4.69, 9.17) is 21.5 Å². The third kappa shape index (κ3) is 5.19. The van der Waals surface area contributed by atoms with E-state index in [-0.39, 0.29) is 0 Å². The first-order chi connectivity index (χ1) is 17.0. The zero-order valence-corrected chi connectivity index (χ0v) is 27.0. The van der Waals surface area contributed by atoms with Gasteiger partial charge < -0.3 is 31.1 Å². The van der Waals surface area contributed by atoms with E-state index in [1.54, 1.807) is 24.3 Å². The van der Waals surface area contributed by atoms with Crippen LogP contribution in [0.2, 0.25) is 0 Å². The van der Waals surface area contributed by atoms with Crippen LogP contribution < -0.4 is 15.6 Å². The van der Waals surface area contributed by atoms with Crippen LogP contribution in [0.1, 0.15) is 13.8 Å². The first-order valence-electron chi connectivity index (χ1n) is 11.2. The minimum atomic E-state index is -4.10. The molecular formula is C23H23Br3O7Si3. The van der Waals surface area contributed by atoms with E-state index in [1.165, 1.54) is 0 Å². The molecule has 0 radical (unpaired) electrons. The molecule has 6 atom stereocenters. The van der Waals surface area contributed by atoms with Gasteiger partial charge >= 0.3 is 26.4 Å². The maximum Gasteiger partial charge on any atom is 0.527 e. The van der Waals surface area contributed by atoms with Crippen molar-refractivity contribution in [3.8, 4) is 0 Å². The molecule has 7 nitrogen and oxygen atoms in total. The van der Waals surface area contributed by atoms with Crippen LogP contribution in [0.3, 0.4) is 0 Å². The van der Waals surface area contributed by atoms with E-state index in [0.29, 0.717) is 15.6 Å². The molecule has 2 fully saturated rings. The monoisotopic (exact) mass is 732 g/mol. The normalized spacial score (nSPS) is 34.6. The third-order valence-corrected chi connectivity index (χ3v) is 17.1. The van der Waals surface area contributed by atoms with Gasteiger partial charge in [-0.25, -0.2) is 0 Å².